The zero-order valence-corrected chi connectivity index (χ0v) is 16.4. The molecule has 0 aromatic heterocycles. The van der Waals surface area contributed by atoms with Gasteiger partial charge in [-0.1, -0.05) is 17.3 Å². The van der Waals surface area contributed by atoms with Crippen LogP contribution in [0.1, 0.15) is 18.1 Å². The second-order valence-corrected chi connectivity index (χ2v) is 6.50. The quantitative estimate of drug-likeness (QED) is 0.228. The van der Waals surface area contributed by atoms with E-state index in [9.17, 15) is 0 Å². The van der Waals surface area contributed by atoms with Gasteiger partial charge in [0.05, 0.1) is 26.0 Å². The van der Waals surface area contributed by atoms with Gasteiger partial charge in [0, 0.05) is 11.5 Å². The molecule has 0 radical (unpaired) electrons. The summed E-state index contributed by atoms with van der Waals surface area (Å²) in [5, 5.41) is 3.61. The van der Waals surface area contributed by atoms with E-state index in [0.717, 1.165) is 34.1 Å². The molecule has 0 fully saturated rings. The third kappa shape index (κ3) is 9.41. The predicted octanol–water partition coefficient (Wildman–Crippen LogP) is 4.02. The van der Waals surface area contributed by atoms with Gasteiger partial charge in [0.2, 0.25) is 0 Å². The van der Waals surface area contributed by atoms with Gasteiger partial charge in [0.15, 0.2) is 0 Å². The van der Waals surface area contributed by atoms with Gasteiger partial charge in [-0.2, -0.15) is 11.8 Å². The number of ether oxygens (including phenoxy) is 3. The highest BCUT2D eigenvalue weighted by Gasteiger charge is 2.07. The van der Waals surface area contributed by atoms with Gasteiger partial charge in [-0.25, -0.2) is 0 Å². The van der Waals surface area contributed by atoms with Crippen molar-refractivity contribution in [2.45, 2.75) is 20.8 Å². The van der Waals surface area contributed by atoms with Crippen LogP contribution in [0.25, 0.3) is 0 Å². The highest BCUT2D eigenvalue weighted by atomic mass is 32.2. The van der Waals surface area contributed by atoms with Crippen LogP contribution in [0.2, 0.25) is 0 Å². The van der Waals surface area contributed by atoms with Gasteiger partial charge in [-0.15, -0.1) is 0 Å². The molecule has 0 saturated heterocycles. The first kappa shape index (κ1) is 21.4. The molecule has 0 aliphatic rings. The maximum Gasteiger partial charge on any atom is 0.125 e. The third-order valence-corrected chi connectivity index (χ3v) is 4.14. The lowest BCUT2D eigenvalue weighted by Crippen LogP contribution is -2.06. The number of benzene rings is 1. The first-order valence-electron chi connectivity index (χ1n) is 8.37. The molecule has 1 aromatic rings. The number of nitrogens with zero attached hydrogens (tertiary/aromatic N) is 1. The largest absolute Gasteiger partial charge is 0.492 e. The highest BCUT2D eigenvalue weighted by molar-refractivity contribution is 7.99. The van der Waals surface area contributed by atoms with Crippen molar-refractivity contribution in [3.8, 4) is 11.5 Å². The van der Waals surface area contributed by atoms with Crippen LogP contribution in [0.4, 0.5) is 0 Å². The molecule has 0 heterocycles. The fourth-order valence-corrected chi connectivity index (χ4v) is 2.77. The van der Waals surface area contributed by atoms with E-state index in [4.69, 9.17) is 14.2 Å². The molecule has 1 rings (SSSR count). The number of rotatable bonds is 13. The molecular weight excluding hydrogens is 338 g/mol. The van der Waals surface area contributed by atoms with Crippen LogP contribution >= 0.6 is 11.8 Å². The van der Waals surface area contributed by atoms with Gasteiger partial charge in [0.25, 0.3) is 0 Å². The fraction of sp³-hybridized carbons (Fsp3) is 0.526. The van der Waals surface area contributed by atoms with Crippen molar-refractivity contribution in [2.24, 2.45) is 5.16 Å². The van der Waals surface area contributed by atoms with Crippen LogP contribution in [0.3, 0.4) is 0 Å². The lowest BCUT2D eigenvalue weighted by atomic mass is 10.1. The summed E-state index contributed by atoms with van der Waals surface area (Å²) in [6.45, 7) is 8.52. The number of thioether (sulfide) groups is 1. The number of aryl methyl sites for hydroxylation is 2. The minimum Gasteiger partial charge on any atom is -0.492 e. The molecule has 0 spiro atoms. The molecule has 0 aliphatic heterocycles. The van der Waals surface area contributed by atoms with E-state index in [1.54, 1.807) is 18.0 Å². The highest BCUT2D eigenvalue weighted by Crippen LogP contribution is 2.28. The van der Waals surface area contributed by atoms with Crippen LogP contribution in [0.5, 0.6) is 11.5 Å². The lowest BCUT2D eigenvalue weighted by Gasteiger charge is -2.14. The molecule has 0 bridgehead atoms. The van der Waals surface area contributed by atoms with E-state index < -0.39 is 0 Å². The molecule has 5 nitrogen and oxygen atoms in total. The Hall–Kier alpha value is -1.66. The second kappa shape index (κ2) is 13.6. The van der Waals surface area contributed by atoms with Crippen LogP contribution in [-0.2, 0) is 9.57 Å². The van der Waals surface area contributed by atoms with Gasteiger partial charge in [0.1, 0.15) is 25.2 Å². The topological polar surface area (TPSA) is 49.3 Å². The minimum absolute atomic E-state index is 0.478. The van der Waals surface area contributed by atoms with E-state index in [-0.39, 0.29) is 0 Å². The molecular formula is C19H29NO4S. The number of hydrogen-bond acceptors (Lipinski definition) is 6. The summed E-state index contributed by atoms with van der Waals surface area (Å²) in [6.07, 6.45) is 5.57. The predicted molar refractivity (Wildman–Crippen MR) is 105 cm³/mol. The molecule has 1 aromatic carbocycles. The summed E-state index contributed by atoms with van der Waals surface area (Å²) >= 11 is 1.81. The molecule has 0 saturated carbocycles. The van der Waals surface area contributed by atoms with Gasteiger partial charge in [-0.05, 0) is 44.0 Å². The zero-order valence-electron chi connectivity index (χ0n) is 15.6. The molecule has 0 aliphatic carbocycles. The van der Waals surface area contributed by atoms with E-state index in [0.29, 0.717) is 26.4 Å². The van der Waals surface area contributed by atoms with Gasteiger partial charge >= 0.3 is 0 Å². The van der Waals surface area contributed by atoms with E-state index in [2.05, 4.69) is 9.99 Å². The Kier molecular flexibility index (Phi) is 11.6. The smallest absolute Gasteiger partial charge is 0.125 e. The Balaban J connectivity index is 2.25. The summed E-state index contributed by atoms with van der Waals surface area (Å²) in [4.78, 5) is 4.55. The average molecular weight is 368 g/mol. The van der Waals surface area contributed by atoms with Crippen molar-refractivity contribution < 1.29 is 19.0 Å². The standard InChI is InChI=1S/C19H29NO4S/c1-5-6-8-23-18-14-16(2)19(17(3)15-18)24-11-13-25-12-10-22-9-7-20-21-4/h5-7,14-15H,8-13H2,1-4H3/b6-5+,20-7+. The lowest BCUT2D eigenvalue weighted by molar-refractivity contribution is 0.181. The number of allylic oxidation sites excluding steroid dienone is 1. The molecule has 6 heteroatoms. The summed E-state index contributed by atoms with van der Waals surface area (Å²) in [6, 6.07) is 4.04. The minimum atomic E-state index is 0.478. The Labute approximate surface area is 155 Å². The molecule has 140 valence electrons. The number of oxime groups is 1. The average Bonchev–Trinajstić information content (AvgIpc) is 2.59. The van der Waals surface area contributed by atoms with Crippen LogP contribution in [0.15, 0.2) is 29.4 Å². The van der Waals surface area contributed by atoms with E-state index in [1.807, 2.05) is 45.1 Å². The van der Waals surface area contributed by atoms with Crippen LogP contribution in [0, 0.1) is 13.8 Å². The van der Waals surface area contributed by atoms with Gasteiger partial charge in [-0.3, -0.25) is 0 Å². The van der Waals surface area contributed by atoms with Crippen LogP contribution < -0.4 is 9.47 Å². The van der Waals surface area contributed by atoms with Crippen molar-refractivity contribution in [3.63, 3.8) is 0 Å². The third-order valence-electron chi connectivity index (χ3n) is 3.23. The molecule has 0 amide bonds. The van der Waals surface area contributed by atoms with E-state index in [1.165, 1.54) is 7.11 Å². The summed E-state index contributed by atoms with van der Waals surface area (Å²) in [7, 11) is 1.51. The molecule has 0 N–H and O–H groups in total. The van der Waals surface area contributed by atoms with Crippen molar-refractivity contribution >= 4 is 18.0 Å². The van der Waals surface area contributed by atoms with Crippen LogP contribution in [-0.4, -0.2) is 51.3 Å². The Bertz CT molecular complexity index is 523. The molecule has 25 heavy (non-hydrogen) atoms. The van der Waals surface area contributed by atoms with Crippen molar-refractivity contribution in [1.29, 1.82) is 0 Å². The first-order chi connectivity index (χ1) is 12.2. The van der Waals surface area contributed by atoms with Gasteiger partial charge < -0.3 is 19.0 Å². The molecule has 0 unspecified atom stereocenters. The first-order valence-corrected chi connectivity index (χ1v) is 9.53. The van der Waals surface area contributed by atoms with Crippen molar-refractivity contribution in [1.82, 2.24) is 0 Å². The Morgan fingerprint density at radius 3 is 2.44 bits per heavy atom. The fourth-order valence-electron chi connectivity index (χ4n) is 2.13. The summed E-state index contributed by atoms with van der Waals surface area (Å²) in [5.41, 5.74) is 2.20. The monoisotopic (exact) mass is 367 g/mol. The summed E-state index contributed by atoms with van der Waals surface area (Å²) in [5.74, 6) is 3.68. The summed E-state index contributed by atoms with van der Waals surface area (Å²) < 4.78 is 17.0. The zero-order chi connectivity index (χ0) is 18.3. The Morgan fingerprint density at radius 2 is 1.76 bits per heavy atom. The van der Waals surface area contributed by atoms with E-state index >= 15 is 0 Å². The van der Waals surface area contributed by atoms with Crippen molar-refractivity contribution in [2.75, 3.05) is 45.0 Å². The number of hydrogen-bond donors (Lipinski definition) is 0. The second-order valence-electron chi connectivity index (χ2n) is 5.27. The molecule has 0 atom stereocenters. The maximum absolute atomic E-state index is 5.94. The normalized spacial score (nSPS) is 11.4. The SMILES string of the molecule is C/C=C/COc1cc(C)c(OCCSCCOC/C=N/OC)c(C)c1. The maximum atomic E-state index is 5.94. The Morgan fingerprint density at radius 1 is 1.04 bits per heavy atom. The van der Waals surface area contributed by atoms with Crippen molar-refractivity contribution in [3.05, 3.63) is 35.4 Å².